The summed E-state index contributed by atoms with van der Waals surface area (Å²) in [6.07, 6.45) is 3.15. The molecule has 0 N–H and O–H groups in total. The smallest absolute Gasteiger partial charge is 0.241 e. The van der Waals surface area contributed by atoms with E-state index in [-0.39, 0.29) is 35.9 Å². The summed E-state index contributed by atoms with van der Waals surface area (Å²) in [6, 6.07) is 6.97. The van der Waals surface area contributed by atoms with E-state index in [1.54, 1.807) is 35.1 Å². The number of carbonyl (C=O) groups excluding carboxylic acids is 2. The molecule has 5 rings (SSSR count). The van der Waals surface area contributed by atoms with Crippen LogP contribution in [0.25, 0.3) is 0 Å². The van der Waals surface area contributed by atoms with Gasteiger partial charge in [0, 0.05) is 27.9 Å². The van der Waals surface area contributed by atoms with Gasteiger partial charge in [0.1, 0.15) is 0 Å². The molecule has 3 saturated heterocycles. The minimum Gasteiger partial charge on any atom is -0.373 e. The Hall–Kier alpha value is -1.89. The number of nitrogens with zero attached hydrogens (tertiary/aromatic N) is 3. The van der Waals surface area contributed by atoms with Gasteiger partial charge in [-0.25, -0.2) is 4.90 Å². The molecule has 1 aromatic carbocycles. The number of amides is 2. The molecule has 3 aliphatic heterocycles. The highest BCUT2D eigenvalue weighted by Gasteiger charge is 2.63. The number of ether oxygens (including phenoxy) is 1. The van der Waals surface area contributed by atoms with Gasteiger partial charge < -0.3 is 4.74 Å². The second-order valence-corrected chi connectivity index (χ2v) is 7.74. The van der Waals surface area contributed by atoms with Gasteiger partial charge in [0.15, 0.2) is 5.82 Å². The molecule has 0 saturated carbocycles. The number of halogens is 2. The number of carbonyl (C=O) groups is 2. The Morgan fingerprint density at radius 2 is 1.65 bits per heavy atom. The maximum Gasteiger partial charge on any atom is 0.241 e. The maximum atomic E-state index is 12.8. The molecule has 134 valence electrons. The van der Waals surface area contributed by atoms with Crippen LogP contribution in [0.2, 0.25) is 10.0 Å². The molecule has 0 aliphatic carbocycles. The van der Waals surface area contributed by atoms with Crippen LogP contribution >= 0.6 is 23.2 Å². The van der Waals surface area contributed by atoms with Gasteiger partial charge in [0.2, 0.25) is 11.8 Å². The van der Waals surface area contributed by atoms with Crippen molar-refractivity contribution in [3.8, 4) is 0 Å². The van der Waals surface area contributed by atoms with Crippen molar-refractivity contribution in [1.29, 1.82) is 0 Å². The van der Waals surface area contributed by atoms with Gasteiger partial charge in [-0.05, 0) is 25.0 Å². The lowest BCUT2D eigenvalue weighted by atomic mass is 9.81. The first-order valence-corrected chi connectivity index (χ1v) is 9.30. The molecule has 4 heterocycles. The number of fused-ring (bicyclic) bond motifs is 5. The maximum absolute atomic E-state index is 12.8. The molecular formula is C18H15Cl2N3O3. The minimum atomic E-state index is -0.357. The zero-order chi connectivity index (χ0) is 18.0. The molecule has 3 fully saturated rings. The average Bonchev–Trinajstić information content (AvgIpc) is 3.36. The summed E-state index contributed by atoms with van der Waals surface area (Å²) >= 11 is 12.4. The Morgan fingerprint density at radius 1 is 1.04 bits per heavy atom. The van der Waals surface area contributed by atoms with Crippen LogP contribution < -0.4 is 4.90 Å². The van der Waals surface area contributed by atoms with Gasteiger partial charge in [-0.3, -0.25) is 14.3 Å². The number of hydrogen-bond acceptors (Lipinski definition) is 4. The quantitative estimate of drug-likeness (QED) is 0.754. The van der Waals surface area contributed by atoms with Crippen molar-refractivity contribution < 1.29 is 14.3 Å². The number of hydrogen-bond donors (Lipinski definition) is 0. The first kappa shape index (κ1) is 16.3. The Bertz CT molecular complexity index is 880. The summed E-state index contributed by atoms with van der Waals surface area (Å²) in [7, 11) is 0. The van der Waals surface area contributed by atoms with E-state index in [1.165, 1.54) is 4.90 Å². The van der Waals surface area contributed by atoms with Gasteiger partial charge in [0.05, 0.1) is 30.6 Å². The zero-order valence-electron chi connectivity index (χ0n) is 13.6. The predicted molar refractivity (Wildman–Crippen MR) is 95.2 cm³/mol. The van der Waals surface area contributed by atoms with Crippen LogP contribution in [-0.4, -0.2) is 33.8 Å². The number of rotatable bonds is 3. The third-order valence-electron chi connectivity index (χ3n) is 5.52. The van der Waals surface area contributed by atoms with Crippen molar-refractivity contribution in [2.45, 2.75) is 31.6 Å². The summed E-state index contributed by atoms with van der Waals surface area (Å²) in [4.78, 5) is 26.8. The summed E-state index contributed by atoms with van der Waals surface area (Å²) in [5, 5.41) is 5.51. The molecule has 26 heavy (non-hydrogen) atoms. The molecule has 2 amide bonds. The van der Waals surface area contributed by atoms with E-state index in [9.17, 15) is 9.59 Å². The first-order valence-electron chi connectivity index (χ1n) is 8.54. The number of benzene rings is 1. The highest BCUT2D eigenvalue weighted by atomic mass is 35.5. The topological polar surface area (TPSA) is 64.4 Å². The number of imide groups is 1. The monoisotopic (exact) mass is 391 g/mol. The second-order valence-electron chi connectivity index (χ2n) is 6.93. The predicted octanol–water partition coefficient (Wildman–Crippen LogP) is 2.91. The molecular weight excluding hydrogens is 377 g/mol. The summed E-state index contributed by atoms with van der Waals surface area (Å²) in [6.45, 7) is 0.357. The second kappa shape index (κ2) is 5.81. The van der Waals surface area contributed by atoms with Crippen LogP contribution in [0.15, 0.2) is 30.5 Å². The largest absolute Gasteiger partial charge is 0.373 e. The third-order valence-corrected chi connectivity index (χ3v) is 6.23. The number of anilines is 1. The van der Waals surface area contributed by atoms with Gasteiger partial charge in [-0.15, -0.1) is 0 Å². The average molecular weight is 392 g/mol. The van der Waals surface area contributed by atoms with E-state index in [2.05, 4.69) is 5.10 Å². The molecule has 0 spiro atoms. The highest BCUT2D eigenvalue weighted by Crippen LogP contribution is 2.49. The van der Waals surface area contributed by atoms with Gasteiger partial charge in [-0.2, -0.15) is 5.10 Å². The molecule has 6 nitrogen and oxygen atoms in total. The Kier molecular flexibility index (Phi) is 3.64. The molecule has 3 aliphatic rings. The van der Waals surface area contributed by atoms with Crippen LogP contribution in [0.3, 0.4) is 0 Å². The van der Waals surface area contributed by atoms with Gasteiger partial charge >= 0.3 is 0 Å². The van der Waals surface area contributed by atoms with Crippen LogP contribution in [0.4, 0.5) is 5.82 Å². The summed E-state index contributed by atoms with van der Waals surface area (Å²) in [5.41, 5.74) is 0.743. The van der Waals surface area contributed by atoms with Crippen molar-refractivity contribution in [3.05, 3.63) is 46.1 Å². The summed E-state index contributed by atoms with van der Waals surface area (Å²) < 4.78 is 7.38. The fourth-order valence-electron chi connectivity index (χ4n) is 4.34. The molecule has 2 bridgehead atoms. The number of aromatic nitrogens is 2. The fraction of sp³-hybridized carbons (Fsp3) is 0.389. The van der Waals surface area contributed by atoms with Crippen molar-refractivity contribution in [2.75, 3.05) is 4.90 Å². The van der Waals surface area contributed by atoms with Crippen LogP contribution in [0, 0.1) is 11.8 Å². The molecule has 8 heteroatoms. The van der Waals surface area contributed by atoms with E-state index in [0.29, 0.717) is 22.4 Å². The van der Waals surface area contributed by atoms with E-state index < -0.39 is 0 Å². The first-order chi connectivity index (χ1) is 12.5. The van der Waals surface area contributed by atoms with Crippen molar-refractivity contribution in [2.24, 2.45) is 11.8 Å². The molecule has 4 atom stereocenters. The molecule has 2 aromatic rings. The lowest BCUT2D eigenvalue weighted by Gasteiger charge is -2.15. The van der Waals surface area contributed by atoms with Crippen LogP contribution in [-0.2, 0) is 20.9 Å². The van der Waals surface area contributed by atoms with E-state index >= 15 is 0 Å². The Morgan fingerprint density at radius 3 is 2.27 bits per heavy atom. The van der Waals surface area contributed by atoms with Crippen molar-refractivity contribution in [1.82, 2.24) is 9.78 Å². The fourth-order valence-corrected chi connectivity index (χ4v) is 4.86. The standard InChI is InChI=1S/C18H15Cl2N3O3/c19-10-2-1-3-11(20)9(10)8-22-7-6-14(21-22)23-17(24)15-12-4-5-13(26-12)16(15)18(23)25/h1-3,6-7,12-13,15-16H,4-5,8H2/t12-,13+,15-,16+. The van der Waals surface area contributed by atoms with Crippen LogP contribution in [0.1, 0.15) is 18.4 Å². The minimum absolute atomic E-state index is 0.129. The zero-order valence-corrected chi connectivity index (χ0v) is 15.2. The SMILES string of the molecule is O=C1[C@@H]2[C@H](C(=O)N1c1ccn(Cc3c(Cl)cccc3Cl)n1)[C@H]1CC[C@@H]2O1. The molecule has 0 unspecified atom stereocenters. The third kappa shape index (κ3) is 2.25. The lowest BCUT2D eigenvalue weighted by Crippen LogP contribution is -2.34. The molecule has 1 aromatic heterocycles. The Labute approximate surface area is 159 Å². The van der Waals surface area contributed by atoms with Gasteiger partial charge in [-0.1, -0.05) is 29.3 Å². The van der Waals surface area contributed by atoms with Gasteiger partial charge in [0.25, 0.3) is 0 Å². The van der Waals surface area contributed by atoms with Crippen molar-refractivity contribution in [3.63, 3.8) is 0 Å². The van der Waals surface area contributed by atoms with E-state index in [4.69, 9.17) is 27.9 Å². The highest BCUT2D eigenvalue weighted by molar-refractivity contribution is 6.36. The lowest BCUT2D eigenvalue weighted by molar-refractivity contribution is -0.124. The van der Waals surface area contributed by atoms with Crippen molar-refractivity contribution >= 4 is 40.8 Å². The Balaban J connectivity index is 1.42. The normalized spacial score (nSPS) is 29.7. The van der Waals surface area contributed by atoms with Crippen LogP contribution in [0.5, 0.6) is 0 Å². The summed E-state index contributed by atoms with van der Waals surface area (Å²) in [5.74, 6) is -0.771. The van der Waals surface area contributed by atoms with E-state index in [1.807, 2.05) is 0 Å². The van der Waals surface area contributed by atoms with E-state index in [0.717, 1.165) is 18.4 Å². The molecule has 0 radical (unpaired) electrons.